The smallest absolute Gasteiger partial charge is 0.147 e. The van der Waals surface area contributed by atoms with Crippen LogP contribution in [0.2, 0.25) is 0 Å². The molecule has 2 aliphatic rings. The van der Waals surface area contributed by atoms with Gasteiger partial charge in [-0.05, 0) is 81.0 Å². The maximum absolute atomic E-state index is 6.01. The average molecular weight is 375 g/mol. The van der Waals surface area contributed by atoms with Gasteiger partial charge in [0.05, 0.1) is 15.6 Å². The zero-order valence-electron chi connectivity index (χ0n) is 10.2. The van der Waals surface area contributed by atoms with Gasteiger partial charge in [-0.2, -0.15) is 0 Å². The quantitative estimate of drug-likeness (QED) is 0.784. The SMILES string of the molecule is Nc1cc(Br)c(OCC2CC3CCC2C3)c(Br)c1. The van der Waals surface area contributed by atoms with Gasteiger partial charge in [0.25, 0.3) is 0 Å². The minimum atomic E-state index is 0.737. The minimum Gasteiger partial charge on any atom is -0.491 e. The van der Waals surface area contributed by atoms with Crippen molar-refractivity contribution in [2.45, 2.75) is 25.7 Å². The summed E-state index contributed by atoms with van der Waals surface area (Å²) in [5.41, 5.74) is 6.52. The summed E-state index contributed by atoms with van der Waals surface area (Å²) < 4.78 is 7.87. The Morgan fingerprint density at radius 2 is 1.89 bits per heavy atom. The Labute approximate surface area is 125 Å². The molecular formula is C14H17Br2NO. The van der Waals surface area contributed by atoms with E-state index in [1.807, 2.05) is 12.1 Å². The Kier molecular flexibility index (Phi) is 3.59. The van der Waals surface area contributed by atoms with Crippen LogP contribution in [0, 0.1) is 17.8 Å². The van der Waals surface area contributed by atoms with Crippen LogP contribution in [0.1, 0.15) is 25.7 Å². The summed E-state index contributed by atoms with van der Waals surface area (Å²) in [7, 11) is 0. The summed E-state index contributed by atoms with van der Waals surface area (Å²) >= 11 is 7.03. The van der Waals surface area contributed by atoms with E-state index in [0.29, 0.717) is 0 Å². The zero-order chi connectivity index (χ0) is 12.7. The predicted octanol–water partition coefficient (Wildman–Crippen LogP) is 4.61. The summed E-state index contributed by atoms with van der Waals surface area (Å²) in [6.45, 7) is 0.836. The highest BCUT2D eigenvalue weighted by molar-refractivity contribution is 9.11. The highest BCUT2D eigenvalue weighted by Crippen LogP contribution is 2.48. The Morgan fingerprint density at radius 1 is 1.17 bits per heavy atom. The fourth-order valence-electron chi connectivity index (χ4n) is 3.49. The van der Waals surface area contributed by atoms with E-state index < -0.39 is 0 Å². The fraction of sp³-hybridized carbons (Fsp3) is 0.571. The normalized spacial score (nSPS) is 29.8. The molecule has 0 aliphatic heterocycles. The van der Waals surface area contributed by atoms with Crippen molar-refractivity contribution >= 4 is 37.5 Å². The molecule has 0 heterocycles. The van der Waals surface area contributed by atoms with Gasteiger partial charge >= 0.3 is 0 Å². The molecular weight excluding hydrogens is 358 g/mol. The van der Waals surface area contributed by atoms with Crippen LogP contribution in [-0.2, 0) is 0 Å². The second-order valence-corrected chi connectivity index (χ2v) is 7.27. The molecule has 2 aliphatic carbocycles. The predicted molar refractivity (Wildman–Crippen MR) is 80.7 cm³/mol. The maximum Gasteiger partial charge on any atom is 0.147 e. The second kappa shape index (κ2) is 5.04. The van der Waals surface area contributed by atoms with Crippen LogP contribution in [-0.4, -0.2) is 6.61 Å². The molecule has 2 bridgehead atoms. The Hall–Kier alpha value is -0.220. The van der Waals surface area contributed by atoms with Crippen LogP contribution >= 0.6 is 31.9 Å². The van der Waals surface area contributed by atoms with Crippen molar-refractivity contribution in [3.05, 3.63) is 21.1 Å². The van der Waals surface area contributed by atoms with Crippen molar-refractivity contribution in [1.82, 2.24) is 0 Å². The van der Waals surface area contributed by atoms with Crippen molar-refractivity contribution < 1.29 is 4.74 Å². The Balaban J connectivity index is 1.67. The number of halogens is 2. The third-order valence-corrected chi connectivity index (χ3v) is 5.52. The van der Waals surface area contributed by atoms with Crippen molar-refractivity contribution in [1.29, 1.82) is 0 Å². The average Bonchev–Trinajstić information content (AvgIpc) is 2.89. The first-order valence-electron chi connectivity index (χ1n) is 6.51. The summed E-state index contributed by atoms with van der Waals surface area (Å²) in [6, 6.07) is 3.78. The van der Waals surface area contributed by atoms with E-state index >= 15 is 0 Å². The number of anilines is 1. The molecule has 2 fully saturated rings. The van der Waals surface area contributed by atoms with E-state index in [-0.39, 0.29) is 0 Å². The molecule has 18 heavy (non-hydrogen) atoms. The lowest BCUT2D eigenvalue weighted by Crippen LogP contribution is -2.18. The van der Waals surface area contributed by atoms with Gasteiger partial charge in [0, 0.05) is 5.69 Å². The van der Waals surface area contributed by atoms with Gasteiger partial charge in [-0.15, -0.1) is 0 Å². The van der Waals surface area contributed by atoms with Gasteiger partial charge in [-0.3, -0.25) is 0 Å². The molecule has 2 saturated carbocycles. The number of nitrogen functional groups attached to an aromatic ring is 1. The van der Waals surface area contributed by atoms with Crippen molar-refractivity contribution in [2.75, 3.05) is 12.3 Å². The van der Waals surface area contributed by atoms with Crippen LogP contribution in [0.25, 0.3) is 0 Å². The van der Waals surface area contributed by atoms with E-state index in [2.05, 4.69) is 31.9 Å². The van der Waals surface area contributed by atoms with Crippen LogP contribution in [0.5, 0.6) is 5.75 Å². The van der Waals surface area contributed by atoms with Gasteiger partial charge in [0.15, 0.2) is 0 Å². The first-order valence-corrected chi connectivity index (χ1v) is 8.09. The Morgan fingerprint density at radius 3 is 2.44 bits per heavy atom. The molecule has 98 valence electrons. The molecule has 4 heteroatoms. The molecule has 1 aromatic rings. The molecule has 0 saturated heterocycles. The monoisotopic (exact) mass is 373 g/mol. The number of benzene rings is 1. The minimum absolute atomic E-state index is 0.737. The second-order valence-electron chi connectivity index (χ2n) is 5.56. The first kappa shape index (κ1) is 12.8. The maximum atomic E-state index is 6.01. The van der Waals surface area contributed by atoms with Gasteiger partial charge in [-0.1, -0.05) is 6.42 Å². The highest BCUT2D eigenvalue weighted by atomic mass is 79.9. The van der Waals surface area contributed by atoms with E-state index in [4.69, 9.17) is 10.5 Å². The van der Waals surface area contributed by atoms with Crippen molar-refractivity contribution in [3.63, 3.8) is 0 Å². The van der Waals surface area contributed by atoms with E-state index in [1.54, 1.807) is 0 Å². The summed E-state index contributed by atoms with van der Waals surface area (Å²) in [6.07, 6.45) is 5.63. The van der Waals surface area contributed by atoms with Gasteiger partial charge in [0.2, 0.25) is 0 Å². The molecule has 3 atom stereocenters. The lowest BCUT2D eigenvalue weighted by Gasteiger charge is -2.22. The van der Waals surface area contributed by atoms with Crippen molar-refractivity contribution in [2.24, 2.45) is 17.8 Å². The molecule has 3 unspecified atom stereocenters. The van der Waals surface area contributed by atoms with E-state index in [0.717, 1.165) is 44.7 Å². The molecule has 2 N–H and O–H groups in total. The molecule has 0 radical (unpaired) electrons. The van der Waals surface area contributed by atoms with Crippen LogP contribution in [0.15, 0.2) is 21.1 Å². The third kappa shape index (κ3) is 2.42. The fourth-order valence-corrected chi connectivity index (χ4v) is 4.94. The number of fused-ring (bicyclic) bond motifs is 2. The van der Waals surface area contributed by atoms with Gasteiger partial charge < -0.3 is 10.5 Å². The summed E-state index contributed by atoms with van der Waals surface area (Å²) in [5, 5.41) is 0. The van der Waals surface area contributed by atoms with Crippen molar-refractivity contribution in [3.8, 4) is 5.75 Å². The third-order valence-electron chi connectivity index (χ3n) is 4.35. The standard InChI is InChI=1S/C14H17Br2NO/c15-12-5-11(17)6-13(16)14(12)18-7-10-4-8-1-2-9(10)3-8/h5-6,8-10H,1-4,7,17H2. The molecule has 0 spiro atoms. The largest absolute Gasteiger partial charge is 0.491 e. The summed E-state index contributed by atoms with van der Waals surface area (Å²) in [4.78, 5) is 0. The molecule has 1 aromatic carbocycles. The van der Waals surface area contributed by atoms with Crippen LogP contribution in [0.3, 0.4) is 0 Å². The van der Waals surface area contributed by atoms with E-state index in [1.165, 1.54) is 25.7 Å². The zero-order valence-corrected chi connectivity index (χ0v) is 13.3. The van der Waals surface area contributed by atoms with Gasteiger partial charge in [-0.25, -0.2) is 0 Å². The lowest BCUT2D eigenvalue weighted by atomic mass is 9.89. The Bertz CT molecular complexity index is 440. The van der Waals surface area contributed by atoms with Gasteiger partial charge in [0.1, 0.15) is 5.75 Å². The number of hydrogen-bond acceptors (Lipinski definition) is 2. The molecule has 0 aromatic heterocycles. The number of rotatable bonds is 3. The number of nitrogens with two attached hydrogens (primary N) is 1. The van der Waals surface area contributed by atoms with E-state index in [9.17, 15) is 0 Å². The number of ether oxygens (including phenoxy) is 1. The lowest BCUT2D eigenvalue weighted by molar-refractivity contribution is 0.193. The highest BCUT2D eigenvalue weighted by Gasteiger charge is 2.39. The molecule has 3 rings (SSSR count). The molecule has 0 amide bonds. The van der Waals surface area contributed by atoms with Crippen LogP contribution < -0.4 is 10.5 Å². The topological polar surface area (TPSA) is 35.2 Å². The number of hydrogen-bond donors (Lipinski definition) is 1. The molecule has 2 nitrogen and oxygen atoms in total. The first-order chi connectivity index (χ1) is 8.63. The van der Waals surface area contributed by atoms with Crippen LogP contribution in [0.4, 0.5) is 5.69 Å². The summed E-state index contributed by atoms with van der Waals surface area (Å²) in [5.74, 6) is 3.51.